The van der Waals surface area contributed by atoms with Crippen LogP contribution in [0.4, 0.5) is 5.82 Å². The van der Waals surface area contributed by atoms with Crippen LogP contribution < -0.4 is 17.0 Å². The van der Waals surface area contributed by atoms with Crippen molar-refractivity contribution in [2.75, 3.05) is 25.9 Å². The number of ether oxygens (including phenoxy) is 1. The third kappa shape index (κ3) is 3.20. The topological polar surface area (TPSA) is 178 Å². The van der Waals surface area contributed by atoms with Gasteiger partial charge in [-0.2, -0.15) is 0 Å². The van der Waals surface area contributed by atoms with Crippen molar-refractivity contribution in [1.82, 2.24) is 29.8 Å². The van der Waals surface area contributed by atoms with Gasteiger partial charge in [-0.15, -0.1) is 0 Å². The van der Waals surface area contributed by atoms with E-state index in [-0.39, 0.29) is 24.8 Å². The molecule has 0 aliphatic carbocycles. The zero-order chi connectivity index (χ0) is 19.0. The van der Waals surface area contributed by atoms with E-state index in [9.17, 15) is 15.0 Å². The molecule has 0 saturated carbocycles. The first kappa shape index (κ1) is 18.4. The fourth-order valence-electron chi connectivity index (χ4n) is 3.10. The molecule has 12 heteroatoms. The van der Waals surface area contributed by atoms with Gasteiger partial charge in [-0.1, -0.05) is 0 Å². The fourth-order valence-corrected chi connectivity index (χ4v) is 3.10. The van der Waals surface area contributed by atoms with Crippen molar-refractivity contribution in [2.24, 2.45) is 5.84 Å². The van der Waals surface area contributed by atoms with Gasteiger partial charge in [0.05, 0.1) is 6.54 Å². The minimum Gasteiger partial charge on any atom is -0.387 e. The number of anilines is 1. The predicted octanol–water partition coefficient (Wildman–Crippen LogP) is -2.74. The summed E-state index contributed by atoms with van der Waals surface area (Å²) >= 11 is 0. The minimum absolute atomic E-state index is 0.0284. The summed E-state index contributed by atoms with van der Waals surface area (Å²) in [6, 6.07) is 0. The first-order valence-electron chi connectivity index (χ1n) is 7.98. The van der Waals surface area contributed by atoms with Gasteiger partial charge < -0.3 is 20.7 Å². The van der Waals surface area contributed by atoms with Gasteiger partial charge >= 0.3 is 0 Å². The molecular weight excluding hydrogens is 344 g/mol. The Morgan fingerprint density at radius 3 is 2.85 bits per heavy atom. The molecular formula is C14H22N8O4. The Bertz CT molecular complexity index is 812. The highest BCUT2D eigenvalue weighted by Crippen LogP contribution is 2.33. The van der Waals surface area contributed by atoms with E-state index in [1.54, 1.807) is 23.4 Å². The van der Waals surface area contributed by atoms with Gasteiger partial charge in [-0.05, 0) is 14.0 Å². The van der Waals surface area contributed by atoms with Gasteiger partial charge in [0.1, 0.15) is 30.5 Å². The highest BCUT2D eigenvalue weighted by Gasteiger charge is 2.45. The Balaban J connectivity index is 1.83. The fraction of sp³-hybridized carbons (Fsp3) is 0.571. The molecule has 2 aromatic heterocycles. The van der Waals surface area contributed by atoms with Crippen LogP contribution in [0.15, 0.2) is 6.33 Å². The molecule has 3 rings (SSSR count). The average molecular weight is 366 g/mol. The third-order valence-corrected chi connectivity index (χ3v) is 4.34. The summed E-state index contributed by atoms with van der Waals surface area (Å²) in [6.07, 6.45) is -2.68. The molecule has 0 bridgehead atoms. The van der Waals surface area contributed by atoms with Crippen molar-refractivity contribution in [1.29, 1.82) is 0 Å². The maximum atomic E-state index is 11.3. The number of hydrogen-bond acceptors (Lipinski definition) is 10. The number of nitrogens with zero attached hydrogens (tertiary/aromatic N) is 5. The van der Waals surface area contributed by atoms with Crippen molar-refractivity contribution in [3.63, 3.8) is 0 Å². The van der Waals surface area contributed by atoms with Crippen LogP contribution >= 0.6 is 0 Å². The maximum Gasteiger partial charge on any atom is 0.248 e. The van der Waals surface area contributed by atoms with E-state index in [4.69, 9.17) is 16.3 Å². The Hall–Kier alpha value is -2.38. The number of fused-ring (bicyclic) bond motifs is 1. The molecule has 1 amide bonds. The molecule has 1 aliphatic rings. The summed E-state index contributed by atoms with van der Waals surface area (Å²) in [4.78, 5) is 25.4. The van der Waals surface area contributed by atoms with E-state index in [1.165, 1.54) is 6.33 Å². The smallest absolute Gasteiger partial charge is 0.248 e. The molecule has 0 unspecified atom stereocenters. The molecule has 3 heterocycles. The van der Waals surface area contributed by atoms with Crippen molar-refractivity contribution in [3.8, 4) is 0 Å². The van der Waals surface area contributed by atoms with E-state index in [2.05, 4.69) is 15.0 Å². The first-order chi connectivity index (χ1) is 12.3. The third-order valence-electron chi connectivity index (χ3n) is 4.34. The number of carbonyl (C=O) groups is 1. The van der Waals surface area contributed by atoms with Crippen LogP contribution in [-0.2, 0) is 9.53 Å². The number of nitrogens with two attached hydrogens (primary N) is 2. The molecule has 26 heavy (non-hydrogen) atoms. The highest BCUT2D eigenvalue weighted by atomic mass is 16.6. The molecule has 7 N–H and O–H groups in total. The molecule has 0 aromatic carbocycles. The SMILES string of the molecule is Cc1nc2c(N)ncnc2n1[C@@H]1O[C@H](CN(C)CC(=O)NN)[C@@H](O)[C@H]1O. The van der Waals surface area contributed by atoms with Crippen LogP contribution in [-0.4, -0.2) is 79.0 Å². The number of aryl methyl sites for hydroxylation is 1. The number of imidazole rings is 1. The number of nitrogen functional groups attached to an aromatic ring is 1. The van der Waals surface area contributed by atoms with Gasteiger partial charge in [-0.3, -0.25) is 19.7 Å². The molecule has 2 aromatic rings. The largest absolute Gasteiger partial charge is 0.387 e. The lowest BCUT2D eigenvalue weighted by Crippen LogP contribution is -2.44. The lowest BCUT2D eigenvalue weighted by Gasteiger charge is -2.22. The van der Waals surface area contributed by atoms with E-state index >= 15 is 0 Å². The van der Waals surface area contributed by atoms with Crippen molar-refractivity contribution in [2.45, 2.75) is 31.5 Å². The number of rotatable bonds is 5. The summed E-state index contributed by atoms with van der Waals surface area (Å²) in [5.41, 5.74) is 8.65. The van der Waals surface area contributed by atoms with Crippen LogP contribution in [0.1, 0.15) is 12.1 Å². The van der Waals surface area contributed by atoms with Crippen molar-refractivity contribution < 1.29 is 19.7 Å². The zero-order valence-corrected chi connectivity index (χ0v) is 14.4. The molecule has 0 spiro atoms. The van der Waals surface area contributed by atoms with Gasteiger partial charge in [0.25, 0.3) is 0 Å². The standard InChI is InChI=1S/C14H22N8O4/c1-6-19-9-12(15)17-5-18-13(9)22(6)14-11(25)10(24)7(26-14)3-21(2)4-8(23)20-16/h5,7,10-11,14,24-25H,3-4,16H2,1-2H3,(H,20,23)(H2,15,17,18)/t7-,10-,11-,14-/m1/s1. The van der Waals surface area contributed by atoms with Crippen molar-refractivity contribution in [3.05, 3.63) is 12.2 Å². The summed E-state index contributed by atoms with van der Waals surface area (Å²) < 4.78 is 7.44. The van der Waals surface area contributed by atoms with Crippen LogP contribution in [0.25, 0.3) is 11.2 Å². The second kappa shape index (κ2) is 7.09. The second-order valence-electron chi connectivity index (χ2n) is 6.27. The van der Waals surface area contributed by atoms with Gasteiger partial charge in [0, 0.05) is 6.54 Å². The average Bonchev–Trinajstić information content (AvgIpc) is 3.06. The second-order valence-corrected chi connectivity index (χ2v) is 6.27. The number of hydrazine groups is 1. The number of aliphatic hydroxyl groups is 2. The number of likely N-dealkylation sites (N-methyl/N-ethyl adjacent to an activating group) is 1. The summed E-state index contributed by atoms with van der Waals surface area (Å²) in [5.74, 6) is 5.42. The molecule has 12 nitrogen and oxygen atoms in total. The van der Waals surface area contributed by atoms with Crippen LogP contribution in [0.2, 0.25) is 0 Å². The lowest BCUT2D eigenvalue weighted by molar-refractivity contribution is -0.122. The lowest BCUT2D eigenvalue weighted by atomic mass is 10.1. The number of aromatic nitrogens is 4. The van der Waals surface area contributed by atoms with Crippen LogP contribution in [0.3, 0.4) is 0 Å². The molecule has 0 radical (unpaired) electrons. The normalized spacial score (nSPS) is 25.9. The number of amides is 1. The van der Waals surface area contributed by atoms with Gasteiger partial charge in [0.2, 0.25) is 5.91 Å². The predicted molar refractivity (Wildman–Crippen MR) is 90.2 cm³/mol. The Kier molecular flexibility index (Phi) is 5.02. The number of hydrogen-bond donors (Lipinski definition) is 5. The monoisotopic (exact) mass is 366 g/mol. The number of aliphatic hydroxyl groups excluding tert-OH is 2. The summed E-state index contributed by atoms with van der Waals surface area (Å²) in [7, 11) is 1.68. The quantitative estimate of drug-likeness (QED) is 0.212. The molecule has 1 saturated heterocycles. The van der Waals surface area contributed by atoms with E-state index in [1.807, 2.05) is 5.43 Å². The Morgan fingerprint density at radius 1 is 1.42 bits per heavy atom. The van der Waals surface area contributed by atoms with Gasteiger partial charge in [-0.25, -0.2) is 20.8 Å². The zero-order valence-electron chi connectivity index (χ0n) is 14.4. The number of carbonyl (C=O) groups excluding carboxylic acids is 1. The summed E-state index contributed by atoms with van der Waals surface area (Å²) in [6.45, 7) is 1.96. The van der Waals surface area contributed by atoms with Crippen LogP contribution in [0.5, 0.6) is 0 Å². The highest BCUT2D eigenvalue weighted by molar-refractivity contribution is 5.81. The Labute approximate surface area is 148 Å². The van der Waals surface area contributed by atoms with E-state index < -0.39 is 24.5 Å². The molecule has 4 atom stereocenters. The number of nitrogens with one attached hydrogen (secondary N) is 1. The molecule has 142 valence electrons. The maximum absolute atomic E-state index is 11.3. The van der Waals surface area contributed by atoms with E-state index in [0.29, 0.717) is 17.0 Å². The first-order valence-corrected chi connectivity index (χ1v) is 7.98. The van der Waals surface area contributed by atoms with Crippen LogP contribution in [0, 0.1) is 6.92 Å². The van der Waals surface area contributed by atoms with Gasteiger partial charge in [0.15, 0.2) is 23.2 Å². The van der Waals surface area contributed by atoms with Crippen molar-refractivity contribution >= 4 is 22.9 Å². The summed E-state index contributed by atoms with van der Waals surface area (Å²) in [5, 5.41) is 20.8. The Morgan fingerprint density at radius 2 is 2.15 bits per heavy atom. The van der Waals surface area contributed by atoms with E-state index in [0.717, 1.165) is 0 Å². The molecule has 1 fully saturated rings. The molecule has 1 aliphatic heterocycles. The minimum atomic E-state index is -1.20.